The monoisotopic (exact) mass is 341 g/mol. The van der Waals surface area contributed by atoms with Gasteiger partial charge in [-0.15, -0.1) is 12.6 Å². The van der Waals surface area contributed by atoms with Gasteiger partial charge in [0.1, 0.15) is 0 Å². The van der Waals surface area contributed by atoms with Crippen molar-refractivity contribution in [2.45, 2.75) is 55.9 Å². The summed E-state index contributed by atoms with van der Waals surface area (Å²) in [5.74, 6) is 0.00773. The largest absolute Gasteiger partial charge is 0.349 e. The van der Waals surface area contributed by atoms with Crippen LogP contribution in [0.15, 0.2) is 27.6 Å². The van der Waals surface area contributed by atoms with Crippen LogP contribution in [0.25, 0.3) is 0 Å². The SMILES string of the molecule is O=C(NC1CCCCCCC1)c1cc(S)ccc1Br. The number of carbonyl (C=O) groups excluding carboxylic acids is 1. The molecule has 1 saturated carbocycles. The Labute approximate surface area is 128 Å². The van der Waals surface area contributed by atoms with Crippen molar-refractivity contribution in [2.75, 3.05) is 0 Å². The average molecular weight is 342 g/mol. The zero-order valence-corrected chi connectivity index (χ0v) is 13.5. The molecule has 0 aromatic heterocycles. The van der Waals surface area contributed by atoms with Gasteiger partial charge in [0.2, 0.25) is 0 Å². The lowest BCUT2D eigenvalue weighted by Gasteiger charge is -2.21. The van der Waals surface area contributed by atoms with Crippen LogP contribution < -0.4 is 5.32 Å². The van der Waals surface area contributed by atoms with Gasteiger partial charge in [0, 0.05) is 15.4 Å². The second-order valence-electron chi connectivity index (χ2n) is 5.18. The van der Waals surface area contributed by atoms with Gasteiger partial charge in [0.25, 0.3) is 5.91 Å². The Morgan fingerprint density at radius 1 is 1.16 bits per heavy atom. The van der Waals surface area contributed by atoms with E-state index >= 15 is 0 Å². The van der Waals surface area contributed by atoms with E-state index in [-0.39, 0.29) is 5.91 Å². The fourth-order valence-corrected chi connectivity index (χ4v) is 3.18. The summed E-state index contributed by atoms with van der Waals surface area (Å²) in [6.45, 7) is 0. The smallest absolute Gasteiger partial charge is 0.252 e. The zero-order chi connectivity index (χ0) is 13.7. The Morgan fingerprint density at radius 3 is 2.47 bits per heavy atom. The van der Waals surface area contributed by atoms with Crippen LogP contribution in [0.1, 0.15) is 55.3 Å². The third-order valence-corrected chi connectivity index (χ3v) is 4.60. The van der Waals surface area contributed by atoms with Crippen molar-refractivity contribution in [2.24, 2.45) is 0 Å². The van der Waals surface area contributed by atoms with Crippen LogP contribution in [0.4, 0.5) is 0 Å². The molecule has 0 aliphatic heterocycles. The van der Waals surface area contributed by atoms with E-state index in [1.54, 1.807) is 0 Å². The summed E-state index contributed by atoms with van der Waals surface area (Å²) < 4.78 is 0.827. The molecule has 19 heavy (non-hydrogen) atoms. The van der Waals surface area contributed by atoms with Gasteiger partial charge in [-0.3, -0.25) is 4.79 Å². The quantitative estimate of drug-likeness (QED) is 0.757. The van der Waals surface area contributed by atoms with Crippen molar-refractivity contribution in [3.63, 3.8) is 0 Å². The van der Waals surface area contributed by atoms with E-state index in [2.05, 4.69) is 33.9 Å². The number of hydrogen-bond donors (Lipinski definition) is 2. The number of rotatable bonds is 2. The lowest BCUT2D eigenvalue weighted by Crippen LogP contribution is -2.35. The van der Waals surface area contributed by atoms with Crippen molar-refractivity contribution in [3.8, 4) is 0 Å². The van der Waals surface area contributed by atoms with Crippen LogP contribution in [-0.2, 0) is 0 Å². The minimum absolute atomic E-state index is 0.00773. The maximum Gasteiger partial charge on any atom is 0.252 e. The molecule has 0 atom stereocenters. The minimum Gasteiger partial charge on any atom is -0.349 e. The molecule has 4 heteroatoms. The number of amides is 1. The third kappa shape index (κ3) is 4.53. The van der Waals surface area contributed by atoms with Crippen molar-refractivity contribution in [1.82, 2.24) is 5.32 Å². The highest BCUT2D eigenvalue weighted by atomic mass is 79.9. The standard InChI is InChI=1S/C15H20BrNOS/c16-14-9-8-12(19)10-13(14)15(18)17-11-6-4-2-1-3-5-7-11/h8-11,19H,1-7H2,(H,17,18). The summed E-state index contributed by atoms with van der Waals surface area (Å²) in [6.07, 6.45) is 8.57. The Bertz CT molecular complexity index is 442. The molecule has 2 nitrogen and oxygen atoms in total. The number of thiol groups is 1. The zero-order valence-electron chi connectivity index (χ0n) is 11.0. The summed E-state index contributed by atoms with van der Waals surface area (Å²) in [6, 6.07) is 5.88. The van der Waals surface area contributed by atoms with Gasteiger partial charge >= 0.3 is 0 Å². The molecule has 1 aliphatic rings. The molecule has 1 aliphatic carbocycles. The Morgan fingerprint density at radius 2 is 1.79 bits per heavy atom. The van der Waals surface area contributed by atoms with Crippen LogP contribution in [0, 0.1) is 0 Å². The van der Waals surface area contributed by atoms with Gasteiger partial charge in [-0.05, 0) is 47.0 Å². The number of nitrogens with one attached hydrogen (secondary N) is 1. The van der Waals surface area contributed by atoms with E-state index < -0.39 is 0 Å². The molecule has 1 fully saturated rings. The van der Waals surface area contributed by atoms with Crippen LogP contribution in [-0.4, -0.2) is 11.9 Å². The molecule has 0 radical (unpaired) electrons. The van der Waals surface area contributed by atoms with Crippen molar-refractivity contribution in [3.05, 3.63) is 28.2 Å². The van der Waals surface area contributed by atoms with E-state index in [1.165, 1.54) is 32.1 Å². The first-order valence-electron chi connectivity index (χ1n) is 6.96. The van der Waals surface area contributed by atoms with Crippen LogP contribution in [0.3, 0.4) is 0 Å². The van der Waals surface area contributed by atoms with Crippen molar-refractivity contribution in [1.29, 1.82) is 0 Å². The molecule has 0 spiro atoms. The summed E-state index contributed by atoms with van der Waals surface area (Å²) in [7, 11) is 0. The first kappa shape index (κ1) is 14.9. The van der Waals surface area contributed by atoms with Gasteiger partial charge in [-0.1, -0.05) is 32.1 Å². The minimum atomic E-state index is 0.00773. The number of hydrogen-bond acceptors (Lipinski definition) is 2. The molecule has 2 rings (SSSR count). The topological polar surface area (TPSA) is 29.1 Å². The Hall–Kier alpha value is -0.480. The van der Waals surface area contributed by atoms with E-state index in [0.29, 0.717) is 11.6 Å². The van der Waals surface area contributed by atoms with E-state index in [4.69, 9.17) is 0 Å². The summed E-state index contributed by atoms with van der Waals surface area (Å²) in [5, 5.41) is 3.17. The molecular formula is C15H20BrNOS. The normalized spacial score (nSPS) is 17.6. The molecule has 0 saturated heterocycles. The van der Waals surface area contributed by atoms with Gasteiger partial charge in [-0.2, -0.15) is 0 Å². The highest BCUT2D eigenvalue weighted by Crippen LogP contribution is 2.22. The van der Waals surface area contributed by atoms with Crippen molar-refractivity contribution < 1.29 is 4.79 Å². The van der Waals surface area contributed by atoms with Crippen molar-refractivity contribution >= 4 is 34.5 Å². The molecular weight excluding hydrogens is 322 g/mol. The second kappa shape index (κ2) is 7.34. The predicted octanol–water partition coefficient (Wildman–Crippen LogP) is 4.58. The Balaban J connectivity index is 2.00. The summed E-state index contributed by atoms with van der Waals surface area (Å²) >= 11 is 7.72. The molecule has 1 aromatic carbocycles. The molecule has 1 N–H and O–H groups in total. The van der Waals surface area contributed by atoms with Gasteiger partial charge in [0.15, 0.2) is 0 Å². The second-order valence-corrected chi connectivity index (χ2v) is 6.55. The number of carbonyl (C=O) groups is 1. The maximum absolute atomic E-state index is 12.3. The van der Waals surface area contributed by atoms with Crippen LogP contribution in [0.2, 0.25) is 0 Å². The van der Waals surface area contributed by atoms with Crippen LogP contribution >= 0.6 is 28.6 Å². The Kier molecular flexibility index (Phi) is 5.76. The van der Waals surface area contributed by atoms with Gasteiger partial charge in [-0.25, -0.2) is 0 Å². The molecule has 1 amide bonds. The lowest BCUT2D eigenvalue weighted by atomic mass is 9.96. The maximum atomic E-state index is 12.3. The van der Waals surface area contributed by atoms with Crippen LogP contribution in [0.5, 0.6) is 0 Å². The third-order valence-electron chi connectivity index (χ3n) is 3.63. The predicted molar refractivity (Wildman–Crippen MR) is 85.0 cm³/mol. The molecule has 0 bridgehead atoms. The number of benzene rings is 1. The van der Waals surface area contributed by atoms with E-state index in [9.17, 15) is 4.79 Å². The fourth-order valence-electron chi connectivity index (χ4n) is 2.55. The van der Waals surface area contributed by atoms with Gasteiger partial charge < -0.3 is 5.32 Å². The molecule has 104 valence electrons. The fraction of sp³-hybridized carbons (Fsp3) is 0.533. The first-order valence-corrected chi connectivity index (χ1v) is 8.20. The highest BCUT2D eigenvalue weighted by Gasteiger charge is 2.16. The summed E-state index contributed by atoms with van der Waals surface area (Å²) in [5.41, 5.74) is 0.676. The highest BCUT2D eigenvalue weighted by molar-refractivity contribution is 9.10. The van der Waals surface area contributed by atoms with Gasteiger partial charge in [0.05, 0.1) is 5.56 Å². The molecule has 1 aromatic rings. The van der Waals surface area contributed by atoms with E-state index in [0.717, 1.165) is 22.2 Å². The molecule has 0 heterocycles. The number of halogens is 1. The first-order chi connectivity index (χ1) is 9.16. The summed E-state index contributed by atoms with van der Waals surface area (Å²) in [4.78, 5) is 13.1. The molecule has 0 unspecified atom stereocenters. The average Bonchev–Trinajstić information content (AvgIpc) is 2.35. The lowest BCUT2D eigenvalue weighted by molar-refractivity contribution is 0.0929. The van der Waals surface area contributed by atoms with E-state index in [1.807, 2.05) is 18.2 Å².